The van der Waals surface area contributed by atoms with Crippen LogP contribution < -0.4 is 11.1 Å². The van der Waals surface area contributed by atoms with E-state index in [-0.39, 0.29) is 6.42 Å². The molecular weight excluding hydrogens is 295 g/mol. The molecule has 0 radical (unpaired) electrons. The lowest BCUT2D eigenvalue weighted by Crippen LogP contribution is -2.48. The Morgan fingerprint density at radius 1 is 1.00 bits per heavy atom. The standard InChI is InChI=1S/C16H17BN2O4/c18-15(20)10-14(17(22)23)19-16(21)13-8-6-12(7-9-13)11-4-2-1-3-5-11/h1-9,14,22-23H,10H2,(H2,18,20)(H,19,21)/t14-/m1/s1. The molecule has 6 nitrogen and oxygen atoms in total. The van der Waals surface area contributed by atoms with Gasteiger partial charge in [0.2, 0.25) is 5.91 Å². The van der Waals surface area contributed by atoms with Gasteiger partial charge >= 0.3 is 7.12 Å². The third-order valence-corrected chi connectivity index (χ3v) is 3.35. The Hall–Kier alpha value is -2.64. The van der Waals surface area contributed by atoms with Crippen LogP contribution in [0.15, 0.2) is 54.6 Å². The van der Waals surface area contributed by atoms with E-state index in [0.717, 1.165) is 11.1 Å². The minimum absolute atomic E-state index is 0.347. The van der Waals surface area contributed by atoms with Gasteiger partial charge in [-0.2, -0.15) is 0 Å². The highest BCUT2D eigenvalue weighted by atomic mass is 16.4. The van der Waals surface area contributed by atoms with Gasteiger partial charge in [0, 0.05) is 12.0 Å². The zero-order chi connectivity index (χ0) is 16.8. The Balaban J connectivity index is 2.09. The first-order valence-electron chi connectivity index (χ1n) is 7.08. The Morgan fingerprint density at radius 3 is 2.09 bits per heavy atom. The summed E-state index contributed by atoms with van der Waals surface area (Å²) in [5.41, 5.74) is 7.35. The first kappa shape index (κ1) is 16.7. The van der Waals surface area contributed by atoms with E-state index >= 15 is 0 Å². The molecule has 0 aliphatic heterocycles. The molecule has 0 spiro atoms. The number of nitrogens with two attached hydrogens (primary N) is 1. The molecule has 0 heterocycles. The van der Waals surface area contributed by atoms with Crippen LogP contribution in [0.1, 0.15) is 16.8 Å². The lowest BCUT2D eigenvalue weighted by Gasteiger charge is -2.16. The Bertz CT molecular complexity index is 674. The number of nitrogens with one attached hydrogen (secondary N) is 1. The van der Waals surface area contributed by atoms with Crippen LogP contribution >= 0.6 is 0 Å². The van der Waals surface area contributed by atoms with Gasteiger partial charge in [-0.25, -0.2) is 0 Å². The Morgan fingerprint density at radius 2 is 1.57 bits per heavy atom. The Labute approximate surface area is 134 Å². The van der Waals surface area contributed by atoms with Gasteiger partial charge in [0.15, 0.2) is 0 Å². The Kier molecular flexibility index (Phi) is 5.51. The molecular formula is C16H17BN2O4. The van der Waals surface area contributed by atoms with Crippen molar-refractivity contribution in [3.8, 4) is 11.1 Å². The monoisotopic (exact) mass is 312 g/mol. The van der Waals surface area contributed by atoms with Crippen LogP contribution in [0.2, 0.25) is 0 Å². The van der Waals surface area contributed by atoms with E-state index in [2.05, 4.69) is 5.32 Å². The maximum absolute atomic E-state index is 12.1. The van der Waals surface area contributed by atoms with E-state index in [1.54, 1.807) is 24.3 Å². The number of benzene rings is 2. The van der Waals surface area contributed by atoms with E-state index in [9.17, 15) is 19.6 Å². The molecule has 2 rings (SSSR count). The van der Waals surface area contributed by atoms with Gasteiger partial charge < -0.3 is 21.1 Å². The molecule has 0 unspecified atom stereocenters. The highest BCUT2D eigenvalue weighted by Gasteiger charge is 2.27. The molecule has 1 atom stereocenters. The molecule has 0 aliphatic rings. The van der Waals surface area contributed by atoms with Crippen LogP contribution in [0.4, 0.5) is 0 Å². The summed E-state index contributed by atoms with van der Waals surface area (Å²) < 4.78 is 0. The minimum Gasteiger partial charge on any atom is -0.426 e. The predicted octanol–water partition coefficient (Wildman–Crippen LogP) is 0.339. The maximum Gasteiger partial charge on any atom is 0.476 e. The van der Waals surface area contributed by atoms with Crippen molar-refractivity contribution in [3.05, 3.63) is 60.2 Å². The zero-order valence-electron chi connectivity index (χ0n) is 12.3. The van der Waals surface area contributed by atoms with Crippen LogP contribution in [0.25, 0.3) is 11.1 Å². The van der Waals surface area contributed by atoms with Gasteiger partial charge in [0.1, 0.15) is 0 Å². The summed E-state index contributed by atoms with van der Waals surface area (Å²) in [7, 11) is -1.87. The number of hydrogen-bond donors (Lipinski definition) is 4. The molecule has 7 heteroatoms. The molecule has 5 N–H and O–H groups in total. The van der Waals surface area contributed by atoms with Crippen molar-refractivity contribution < 1.29 is 19.6 Å². The third-order valence-electron chi connectivity index (χ3n) is 3.35. The molecule has 118 valence electrons. The van der Waals surface area contributed by atoms with E-state index < -0.39 is 24.9 Å². The summed E-state index contributed by atoms with van der Waals surface area (Å²) in [5, 5.41) is 20.7. The van der Waals surface area contributed by atoms with Gasteiger partial charge in [-0.3, -0.25) is 9.59 Å². The van der Waals surface area contributed by atoms with Crippen LogP contribution in [0.3, 0.4) is 0 Å². The van der Waals surface area contributed by atoms with Crippen molar-refractivity contribution in [1.82, 2.24) is 5.32 Å². The van der Waals surface area contributed by atoms with Gasteiger partial charge in [-0.1, -0.05) is 42.5 Å². The first-order chi connectivity index (χ1) is 11.0. The summed E-state index contributed by atoms with van der Waals surface area (Å²) in [4.78, 5) is 23.0. The van der Waals surface area contributed by atoms with Crippen molar-refractivity contribution in [2.24, 2.45) is 5.73 Å². The lowest BCUT2D eigenvalue weighted by molar-refractivity contribution is -0.118. The molecule has 2 aromatic carbocycles. The van der Waals surface area contributed by atoms with Crippen molar-refractivity contribution in [2.75, 3.05) is 0 Å². The SMILES string of the molecule is NC(=O)C[C@@H](NC(=O)c1ccc(-c2ccccc2)cc1)B(O)O. The normalized spacial score (nSPS) is 11.6. The second-order valence-electron chi connectivity index (χ2n) is 5.11. The summed E-state index contributed by atoms with van der Waals surface area (Å²) >= 11 is 0. The van der Waals surface area contributed by atoms with E-state index in [1.165, 1.54) is 0 Å². The fourth-order valence-electron chi connectivity index (χ4n) is 2.14. The fourth-order valence-corrected chi connectivity index (χ4v) is 2.14. The van der Waals surface area contributed by atoms with Crippen LogP contribution in [0, 0.1) is 0 Å². The van der Waals surface area contributed by atoms with Crippen molar-refractivity contribution in [1.29, 1.82) is 0 Å². The molecule has 0 aromatic heterocycles. The minimum atomic E-state index is -1.87. The first-order valence-corrected chi connectivity index (χ1v) is 7.08. The van der Waals surface area contributed by atoms with E-state index in [0.29, 0.717) is 5.56 Å². The molecule has 0 aliphatic carbocycles. The molecule has 0 fully saturated rings. The summed E-state index contributed by atoms with van der Waals surface area (Å²) in [6.07, 6.45) is -0.356. The molecule has 23 heavy (non-hydrogen) atoms. The van der Waals surface area contributed by atoms with Gasteiger partial charge in [0.25, 0.3) is 5.91 Å². The second kappa shape index (κ2) is 7.57. The average molecular weight is 312 g/mol. The van der Waals surface area contributed by atoms with E-state index in [4.69, 9.17) is 5.73 Å². The van der Waals surface area contributed by atoms with E-state index in [1.807, 2.05) is 30.3 Å². The van der Waals surface area contributed by atoms with Gasteiger partial charge in [-0.15, -0.1) is 0 Å². The molecule has 0 saturated carbocycles. The number of primary amides is 1. The fraction of sp³-hybridized carbons (Fsp3) is 0.125. The van der Waals surface area contributed by atoms with Crippen molar-refractivity contribution >= 4 is 18.9 Å². The molecule has 0 bridgehead atoms. The van der Waals surface area contributed by atoms with Crippen LogP contribution in [-0.4, -0.2) is 34.9 Å². The van der Waals surface area contributed by atoms with Gasteiger partial charge in [0.05, 0.1) is 5.94 Å². The molecule has 2 amide bonds. The highest BCUT2D eigenvalue weighted by molar-refractivity contribution is 6.44. The smallest absolute Gasteiger partial charge is 0.426 e. The second-order valence-corrected chi connectivity index (χ2v) is 5.11. The maximum atomic E-state index is 12.1. The number of hydrogen-bond acceptors (Lipinski definition) is 4. The topological polar surface area (TPSA) is 113 Å². The molecule has 2 aromatic rings. The third kappa shape index (κ3) is 4.67. The van der Waals surface area contributed by atoms with Crippen molar-refractivity contribution in [3.63, 3.8) is 0 Å². The number of carbonyl (C=O) groups is 2. The zero-order valence-corrected chi connectivity index (χ0v) is 12.3. The highest BCUT2D eigenvalue weighted by Crippen LogP contribution is 2.19. The van der Waals surface area contributed by atoms with Crippen LogP contribution in [0.5, 0.6) is 0 Å². The quantitative estimate of drug-likeness (QED) is 0.576. The summed E-state index contributed by atoms with van der Waals surface area (Å²) in [6.45, 7) is 0. The lowest BCUT2D eigenvalue weighted by atomic mass is 9.77. The molecule has 0 saturated heterocycles. The largest absolute Gasteiger partial charge is 0.476 e. The van der Waals surface area contributed by atoms with Gasteiger partial charge in [-0.05, 0) is 23.3 Å². The summed E-state index contributed by atoms with van der Waals surface area (Å²) in [5.74, 6) is -2.39. The number of amides is 2. The van der Waals surface area contributed by atoms with Crippen molar-refractivity contribution in [2.45, 2.75) is 12.4 Å². The summed E-state index contributed by atoms with van der Waals surface area (Å²) in [6, 6.07) is 16.5. The number of rotatable bonds is 6. The van der Waals surface area contributed by atoms with Crippen LogP contribution in [-0.2, 0) is 4.79 Å². The average Bonchev–Trinajstić information content (AvgIpc) is 2.54. The number of carbonyl (C=O) groups excluding carboxylic acids is 2. The predicted molar refractivity (Wildman–Crippen MR) is 87.1 cm³/mol.